The zero-order chi connectivity index (χ0) is 64.4. The van der Waals surface area contributed by atoms with Gasteiger partial charge in [-0.25, -0.2) is 0 Å². The molecule has 0 amide bonds. The van der Waals surface area contributed by atoms with Gasteiger partial charge < -0.3 is 15.4 Å². The molecule has 90 heavy (non-hydrogen) atoms. The SMILES string of the molecule is CCCCOCC[N-]CCP.CCCCSCC[N-]CCP.[Cl][Ru][Cl].[Cl][Ru][Cl].c1ccc(-c2ccccc2)cc1.c1ccc(-c2ccccc2)cc1.c1ccc([PH+](c2ccccc2)c2ccccc2)cc1.c1ccc([PH+](c2ccccc2)c2ccccc2)cc1. The Morgan fingerprint density at radius 3 is 0.789 bits per heavy atom. The normalized spacial score (nSPS) is 10.1. The summed E-state index contributed by atoms with van der Waals surface area (Å²) in [6.45, 7) is 9.96. The Bertz CT molecular complexity index is 2620. The van der Waals surface area contributed by atoms with Gasteiger partial charge in [-0.15, -0.1) is 44.7 Å². The van der Waals surface area contributed by atoms with Crippen molar-refractivity contribution < 1.29 is 35.0 Å². The first-order chi connectivity index (χ1) is 44.5. The van der Waals surface area contributed by atoms with Gasteiger partial charge in [-0.1, -0.05) is 270 Å². The molecule has 3 nitrogen and oxygen atoms in total. The topological polar surface area (TPSA) is 37.4 Å². The second-order valence-corrected chi connectivity index (χ2v) is 32.0. The van der Waals surface area contributed by atoms with Crippen molar-refractivity contribution in [3.05, 3.63) is 314 Å². The number of thioether (sulfide) groups is 1. The van der Waals surface area contributed by atoms with Crippen LogP contribution < -0.4 is 31.8 Å². The van der Waals surface area contributed by atoms with E-state index < -0.39 is 15.8 Å². The summed E-state index contributed by atoms with van der Waals surface area (Å²) in [4.78, 5) is 0. The summed E-state index contributed by atoms with van der Waals surface area (Å²) in [5.74, 6) is 2.53. The van der Waals surface area contributed by atoms with E-state index in [0.29, 0.717) is 0 Å². The van der Waals surface area contributed by atoms with Crippen molar-refractivity contribution in [2.75, 3.05) is 63.2 Å². The summed E-state index contributed by atoms with van der Waals surface area (Å²) in [6, 6.07) is 107. The Hall–Kier alpha value is -3.44. The van der Waals surface area contributed by atoms with Gasteiger partial charge in [0.25, 0.3) is 0 Å². The van der Waals surface area contributed by atoms with Gasteiger partial charge in [0.05, 0.1) is 15.8 Å². The average Bonchev–Trinajstić information content (AvgIpc) is 2.41. The van der Waals surface area contributed by atoms with Crippen LogP contribution >= 0.6 is 84.8 Å². The van der Waals surface area contributed by atoms with Crippen molar-refractivity contribution in [2.45, 2.75) is 39.5 Å². The van der Waals surface area contributed by atoms with Crippen LogP contribution in [0.15, 0.2) is 303 Å². The Morgan fingerprint density at radius 2 is 0.556 bits per heavy atom. The van der Waals surface area contributed by atoms with Gasteiger partial charge in [-0.2, -0.15) is 11.8 Å². The molecule has 0 radical (unpaired) electrons. The number of rotatable bonds is 24. The minimum atomic E-state index is -0.877. The molecule has 0 saturated carbocycles. The first-order valence-electron chi connectivity index (χ1n) is 30.3. The van der Waals surface area contributed by atoms with Crippen LogP contribution in [0.4, 0.5) is 0 Å². The van der Waals surface area contributed by atoms with E-state index in [-0.39, 0.29) is 30.3 Å². The number of ether oxygens (including phenoxy) is 1. The van der Waals surface area contributed by atoms with E-state index in [9.17, 15) is 0 Å². The molecule has 0 N–H and O–H groups in total. The van der Waals surface area contributed by atoms with Crippen LogP contribution in [-0.4, -0.2) is 63.2 Å². The summed E-state index contributed by atoms with van der Waals surface area (Å²) in [5.41, 5.74) is 5.10. The average molecular weight is 1550 g/mol. The van der Waals surface area contributed by atoms with Crippen molar-refractivity contribution >= 4 is 117 Å². The Labute approximate surface area is 585 Å². The fourth-order valence-electron chi connectivity index (χ4n) is 8.51. The zero-order valence-corrected chi connectivity index (χ0v) is 63.5. The first kappa shape index (κ1) is 80.8. The molecule has 0 fully saturated rings. The van der Waals surface area contributed by atoms with Gasteiger partial charge in [0, 0.05) is 13.2 Å². The number of halogens is 4. The first-order valence-corrected chi connectivity index (χ1v) is 45.0. The maximum Gasteiger partial charge on any atom is 0.102 e. The Kier molecular flexibility index (Phi) is 52.2. The molecule has 2 atom stereocenters. The standard InChI is InChI=1S/2C18H15P.2C12H10.C8H19NOP.C8H19NPS.4ClH.2Ru/c2*1-4-10-16(11-5-1)19(17-12-6-2-7-13-17)18-14-8-3-9-15-18;2*1-3-7-11(8-4-1)12-9-5-2-6-10-12;1-2-3-6-10-7-4-9-5-8-11;1-2-3-7-11-8-5-9-4-6-10;;;;;;/h2*1-15H;2*1-10H;2-8,11H2,1H3;2-8,10H2,1H3;4*1H;;/q;;;;2*-1;;;;;2*+2/p-2. The maximum absolute atomic E-state index is 5.32. The molecule has 10 rings (SSSR count). The number of benzene rings is 10. The molecule has 14 heteroatoms. The number of hydrogen-bond donors (Lipinski definition) is 0. The summed E-state index contributed by atoms with van der Waals surface area (Å²) in [5, 5.41) is 17.2. The van der Waals surface area contributed by atoms with Crippen LogP contribution in [0.3, 0.4) is 0 Å². The van der Waals surface area contributed by atoms with Crippen LogP contribution in [0, 0.1) is 0 Å². The number of unbranched alkanes of at least 4 members (excludes halogenated alkanes) is 2. The van der Waals surface area contributed by atoms with E-state index in [0.717, 1.165) is 51.7 Å². The summed E-state index contributed by atoms with van der Waals surface area (Å²) in [7, 11) is 23.0. The quantitative estimate of drug-likeness (QED) is 0.0343. The second kappa shape index (κ2) is 58.2. The van der Waals surface area contributed by atoms with Crippen LogP contribution in [0.1, 0.15) is 39.5 Å². The second-order valence-electron chi connectivity index (χ2n) is 19.4. The third kappa shape index (κ3) is 38.1. The number of hydrogen-bond acceptors (Lipinski definition) is 2. The molecule has 10 aromatic rings. The molecule has 0 aliphatic heterocycles. The summed E-state index contributed by atoms with van der Waals surface area (Å²) in [6.07, 6.45) is 7.23. The van der Waals surface area contributed by atoms with Crippen LogP contribution in [-0.2, 0) is 35.0 Å². The van der Waals surface area contributed by atoms with E-state index in [2.05, 4.69) is 322 Å². The van der Waals surface area contributed by atoms with Gasteiger partial charge in [0.1, 0.15) is 31.8 Å². The molecule has 0 saturated heterocycles. The van der Waals surface area contributed by atoms with Crippen molar-refractivity contribution in [1.82, 2.24) is 0 Å². The molecule has 0 aliphatic carbocycles. The van der Waals surface area contributed by atoms with Gasteiger partial charge in [0.2, 0.25) is 0 Å². The van der Waals surface area contributed by atoms with E-state index in [1.54, 1.807) is 0 Å². The van der Waals surface area contributed by atoms with Gasteiger partial charge in [-0.3, -0.25) is 0 Å². The van der Waals surface area contributed by atoms with Crippen molar-refractivity contribution in [3.8, 4) is 22.3 Å². The van der Waals surface area contributed by atoms with E-state index in [1.807, 2.05) is 36.0 Å². The molecule has 2 unspecified atom stereocenters. The molecule has 0 bridgehead atoms. The predicted molar refractivity (Wildman–Crippen MR) is 414 cm³/mol. The molecule has 0 heterocycles. The van der Waals surface area contributed by atoms with Crippen LogP contribution in [0.25, 0.3) is 32.9 Å². The zero-order valence-electron chi connectivity index (χ0n) is 51.9. The molecule has 0 aliphatic rings. The molecular weight excluding hydrogens is 1460 g/mol. The van der Waals surface area contributed by atoms with Crippen molar-refractivity contribution in [1.29, 1.82) is 0 Å². The monoisotopic (exact) mass is 1550 g/mol. The molecule has 10 aromatic carbocycles. The summed E-state index contributed by atoms with van der Waals surface area (Å²) >= 11 is 1.34. The largest absolute Gasteiger partial charge is 0.102 e. The Morgan fingerprint density at radius 1 is 0.322 bits per heavy atom. The number of nitrogens with zero attached hydrogens (tertiary/aromatic N) is 2. The minimum absolute atomic E-state index is 0.346. The van der Waals surface area contributed by atoms with Crippen LogP contribution in [0.2, 0.25) is 0 Å². The third-order valence-electron chi connectivity index (χ3n) is 12.8. The van der Waals surface area contributed by atoms with E-state index in [4.69, 9.17) is 43.5 Å². The minimum Gasteiger partial charge on any atom is -0.0622 e. The Balaban J connectivity index is 0.000000282. The van der Waals surface area contributed by atoms with E-state index >= 15 is 0 Å². The maximum atomic E-state index is 5.32. The summed E-state index contributed by atoms with van der Waals surface area (Å²) < 4.78 is 5.32. The van der Waals surface area contributed by atoms with Crippen molar-refractivity contribution in [3.63, 3.8) is 0 Å². The van der Waals surface area contributed by atoms with E-state index in [1.165, 1.54) is 91.3 Å². The van der Waals surface area contributed by atoms with Gasteiger partial charge in [0.15, 0.2) is 0 Å². The molecule has 0 spiro atoms. The smallest absolute Gasteiger partial charge is 0.0622 e. The molecule has 0 aromatic heterocycles. The third-order valence-corrected chi connectivity index (χ3v) is 19.8. The van der Waals surface area contributed by atoms with Gasteiger partial charge >= 0.3 is 69.1 Å². The van der Waals surface area contributed by atoms with Crippen molar-refractivity contribution in [2.24, 2.45) is 0 Å². The predicted octanol–water partition coefficient (Wildman–Crippen LogP) is 20.6. The fourth-order valence-corrected chi connectivity index (χ4v) is 15.0. The van der Waals surface area contributed by atoms with Crippen LogP contribution in [0.5, 0.6) is 0 Å². The molecular formula is C76H90Cl4N2OP4Ru2S. The fraction of sp³-hybridized carbons (Fsp3) is 0.211. The van der Waals surface area contributed by atoms with Gasteiger partial charge in [-0.05, 0) is 119 Å². The molecule has 480 valence electrons.